The third-order valence-electron chi connectivity index (χ3n) is 4.91. The number of carbonyl (C=O) groups is 1. The standard InChI is InChI=1S/C16H24IN7O5/c17-2-4-23(3-1-8(18)16(27)28)5-9-11(25)12(26)15(29-9)24-7-22-10-13(19)20-6-21-14(10)24/h6-9,11-12,15,25-26H,1-5,18H2,(H,27,28)(H2,19,20,21)/t8-,9+,11+,12+,15?/m0/s1. The predicted molar refractivity (Wildman–Crippen MR) is 111 cm³/mol. The molecule has 5 atom stereocenters. The van der Waals surface area contributed by atoms with E-state index in [9.17, 15) is 15.0 Å². The first kappa shape index (κ1) is 22.0. The summed E-state index contributed by atoms with van der Waals surface area (Å²) in [7, 11) is 0. The Morgan fingerprint density at radius 2 is 2.07 bits per heavy atom. The number of hydrogen-bond donors (Lipinski definition) is 5. The molecule has 0 radical (unpaired) electrons. The van der Waals surface area contributed by atoms with Gasteiger partial charge in [-0.15, -0.1) is 0 Å². The van der Waals surface area contributed by atoms with Gasteiger partial charge in [-0.3, -0.25) is 14.3 Å². The minimum absolute atomic E-state index is 0.210. The van der Waals surface area contributed by atoms with E-state index >= 15 is 0 Å². The van der Waals surface area contributed by atoms with E-state index in [-0.39, 0.29) is 12.2 Å². The summed E-state index contributed by atoms with van der Waals surface area (Å²) in [5, 5.41) is 30.0. The number of ether oxygens (including phenoxy) is 1. The van der Waals surface area contributed by atoms with E-state index in [1.54, 1.807) is 0 Å². The molecule has 0 spiro atoms. The molecule has 0 aliphatic carbocycles. The summed E-state index contributed by atoms with van der Waals surface area (Å²) in [4.78, 5) is 25.1. The van der Waals surface area contributed by atoms with Gasteiger partial charge in [-0.05, 0) is 6.42 Å². The van der Waals surface area contributed by atoms with Crippen molar-refractivity contribution in [3.63, 3.8) is 0 Å². The second-order valence-electron chi connectivity index (χ2n) is 6.85. The number of alkyl halides is 1. The van der Waals surface area contributed by atoms with Crippen molar-refractivity contribution in [1.82, 2.24) is 24.4 Å². The zero-order valence-electron chi connectivity index (χ0n) is 15.5. The monoisotopic (exact) mass is 521 g/mol. The minimum atomic E-state index is -1.20. The fourth-order valence-corrected chi connectivity index (χ4v) is 3.96. The molecule has 3 rings (SSSR count). The Morgan fingerprint density at radius 3 is 2.76 bits per heavy atom. The Balaban J connectivity index is 1.72. The number of anilines is 1. The maximum absolute atomic E-state index is 10.9. The van der Waals surface area contributed by atoms with Gasteiger partial charge >= 0.3 is 5.97 Å². The highest BCUT2D eigenvalue weighted by Crippen LogP contribution is 2.32. The average molecular weight is 521 g/mol. The van der Waals surface area contributed by atoms with E-state index in [1.165, 1.54) is 17.2 Å². The van der Waals surface area contributed by atoms with E-state index < -0.39 is 36.6 Å². The highest BCUT2D eigenvalue weighted by Gasteiger charge is 2.44. The number of nitrogen functional groups attached to an aromatic ring is 1. The number of aliphatic hydroxyl groups is 2. The lowest BCUT2D eigenvalue weighted by atomic mass is 10.1. The van der Waals surface area contributed by atoms with Gasteiger partial charge in [-0.25, -0.2) is 15.0 Å². The van der Waals surface area contributed by atoms with Crippen LogP contribution in [0, 0.1) is 0 Å². The van der Waals surface area contributed by atoms with E-state index in [0.717, 1.165) is 4.43 Å². The number of hydrogen-bond acceptors (Lipinski definition) is 10. The summed E-state index contributed by atoms with van der Waals surface area (Å²) in [5.74, 6) is -0.846. The summed E-state index contributed by atoms with van der Waals surface area (Å²) in [5.41, 5.74) is 12.2. The molecule has 1 unspecified atom stereocenters. The van der Waals surface area contributed by atoms with Gasteiger partial charge < -0.3 is 31.5 Å². The lowest BCUT2D eigenvalue weighted by molar-refractivity contribution is -0.138. The van der Waals surface area contributed by atoms with Crippen LogP contribution in [-0.4, -0.2) is 94.1 Å². The molecule has 1 saturated heterocycles. The number of aliphatic carboxylic acids is 1. The van der Waals surface area contributed by atoms with Gasteiger partial charge in [-0.1, -0.05) is 22.6 Å². The van der Waals surface area contributed by atoms with Gasteiger partial charge in [0.2, 0.25) is 0 Å². The normalized spacial score (nSPS) is 25.7. The van der Waals surface area contributed by atoms with Crippen molar-refractivity contribution in [2.24, 2.45) is 5.73 Å². The molecule has 3 heterocycles. The van der Waals surface area contributed by atoms with E-state index in [4.69, 9.17) is 21.3 Å². The summed E-state index contributed by atoms with van der Waals surface area (Å²) in [6.45, 7) is 1.41. The van der Waals surface area contributed by atoms with Gasteiger partial charge in [0.05, 0.1) is 6.33 Å². The molecule has 160 valence electrons. The molecule has 2 aromatic rings. The predicted octanol–water partition coefficient (Wildman–Crippen LogP) is -1.43. The Morgan fingerprint density at radius 1 is 1.31 bits per heavy atom. The zero-order valence-corrected chi connectivity index (χ0v) is 17.7. The number of fused-ring (bicyclic) bond motifs is 1. The molecule has 0 bridgehead atoms. The van der Waals surface area contributed by atoms with Crippen LogP contribution in [0.4, 0.5) is 5.82 Å². The van der Waals surface area contributed by atoms with Gasteiger partial charge in [0, 0.05) is 24.1 Å². The Labute approximate surface area is 180 Å². The first-order valence-corrected chi connectivity index (χ1v) is 10.6. The van der Waals surface area contributed by atoms with Crippen molar-refractivity contribution in [3.05, 3.63) is 12.7 Å². The lowest BCUT2D eigenvalue weighted by Gasteiger charge is -2.26. The van der Waals surface area contributed by atoms with Crippen LogP contribution < -0.4 is 11.5 Å². The van der Waals surface area contributed by atoms with Crippen LogP contribution >= 0.6 is 22.6 Å². The van der Waals surface area contributed by atoms with Crippen LogP contribution in [0.3, 0.4) is 0 Å². The number of halogens is 1. The molecular formula is C16H24IN7O5. The molecule has 0 saturated carbocycles. The summed E-state index contributed by atoms with van der Waals surface area (Å²) < 4.78 is 8.26. The molecule has 1 aliphatic heterocycles. The quantitative estimate of drug-likeness (QED) is 0.192. The summed E-state index contributed by atoms with van der Waals surface area (Å²) in [6.07, 6.45) is -0.916. The smallest absolute Gasteiger partial charge is 0.320 e. The van der Waals surface area contributed by atoms with Crippen molar-refractivity contribution in [1.29, 1.82) is 0 Å². The fourth-order valence-electron chi connectivity index (χ4n) is 3.28. The number of imidazole rings is 1. The molecule has 12 nitrogen and oxygen atoms in total. The zero-order chi connectivity index (χ0) is 21.1. The van der Waals surface area contributed by atoms with Crippen molar-refractivity contribution >= 4 is 45.5 Å². The average Bonchev–Trinajstić information content (AvgIpc) is 3.23. The van der Waals surface area contributed by atoms with Crippen LogP contribution in [0.25, 0.3) is 11.2 Å². The Hall–Kier alpha value is -1.65. The second kappa shape index (κ2) is 9.44. The lowest BCUT2D eigenvalue weighted by Crippen LogP contribution is -2.43. The second-order valence-corrected chi connectivity index (χ2v) is 7.93. The largest absolute Gasteiger partial charge is 0.480 e. The minimum Gasteiger partial charge on any atom is -0.480 e. The van der Waals surface area contributed by atoms with Crippen LogP contribution in [-0.2, 0) is 9.53 Å². The molecular weight excluding hydrogens is 497 g/mol. The molecule has 2 aromatic heterocycles. The molecule has 29 heavy (non-hydrogen) atoms. The highest BCUT2D eigenvalue weighted by atomic mass is 127. The number of nitrogens with two attached hydrogens (primary N) is 2. The number of carboxylic acid groups (broad SMARTS) is 1. The van der Waals surface area contributed by atoms with Gasteiger partial charge in [0.15, 0.2) is 17.7 Å². The Kier molecular flexibility index (Phi) is 7.18. The molecule has 0 aromatic carbocycles. The fraction of sp³-hybridized carbons (Fsp3) is 0.625. The van der Waals surface area contributed by atoms with Crippen LogP contribution in [0.2, 0.25) is 0 Å². The van der Waals surface area contributed by atoms with E-state index in [0.29, 0.717) is 30.8 Å². The summed E-state index contributed by atoms with van der Waals surface area (Å²) >= 11 is 2.21. The Bertz CT molecular complexity index is 852. The van der Waals surface area contributed by atoms with Crippen LogP contribution in [0.5, 0.6) is 0 Å². The molecule has 7 N–H and O–H groups in total. The third kappa shape index (κ3) is 4.75. The van der Waals surface area contributed by atoms with Gasteiger partial charge in [0.25, 0.3) is 0 Å². The van der Waals surface area contributed by atoms with Crippen molar-refractivity contribution in [2.45, 2.75) is 37.0 Å². The molecule has 1 aliphatic rings. The van der Waals surface area contributed by atoms with Gasteiger partial charge in [0.1, 0.15) is 36.2 Å². The third-order valence-corrected chi connectivity index (χ3v) is 5.39. The van der Waals surface area contributed by atoms with Crippen molar-refractivity contribution in [3.8, 4) is 0 Å². The molecule has 0 amide bonds. The van der Waals surface area contributed by atoms with Gasteiger partial charge in [-0.2, -0.15) is 0 Å². The highest BCUT2D eigenvalue weighted by molar-refractivity contribution is 14.1. The number of nitrogens with zero attached hydrogens (tertiary/aromatic N) is 5. The van der Waals surface area contributed by atoms with E-state index in [1.807, 2.05) is 4.90 Å². The SMILES string of the molecule is Nc1ncnc2c1ncn2C1O[C@H](CN(CCI)CC[C@H](N)C(=O)O)[C@@H](O)[C@H]1O. The number of rotatable bonds is 9. The maximum atomic E-state index is 10.9. The first-order valence-electron chi connectivity index (χ1n) is 9.04. The molecule has 13 heteroatoms. The van der Waals surface area contributed by atoms with Crippen LogP contribution in [0.15, 0.2) is 12.7 Å². The number of aromatic nitrogens is 4. The molecule has 1 fully saturated rings. The topological polar surface area (TPSA) is 186 Å². The van der Waals surface area contributed by atoms with Crippen molar-refractivity contribution in [2.75, 3.05) is 29.8 Å². The van der Waals surface area contributed by atoms with E-state index in [2.05, 4.69) is 37.5 Å². The number of carboxylic acids is 1. The van der Waals surface area contributed by atoms with Crippen LogP contribution in [0.1, 0.15) is 12.6 Å². The van der Waals surface area contributed by atoms with Crippen molar-refractivity contribution < 1.29 is 24.9 Å². The first-order chi connectivity index (χ1) is 13.8. The maximum Gasteiger partial charge on any atom is 0.320 e. The summed E-state index contributed by atoms with van der Waals surface area (Å²) in [6, 6.07) is -0.957. The number of aliphatic hydroxyl groups excluding tert-OH is 2.